The first-order valence-electron chi connectivity index (χ1n) is 4.67. The Morgan fingerprint density at radius 1 is 1.50 bits per heavy atom. The van der Waals surface area contributed by atoms with E-state index < -0.39 is 0 Å². The Morgan fingerprint density at radius 2 is 2.43 bits per heavy atom. The van der Waals surface area contributed by atoms with Gasteiger partial charge in [0.05, 0.1) is 6.61 Å². The zero-order chi connectivity index (χ0) is 9.80. The van der Waals surface area contributed by atoms with Gasteiger partial charge in [-0.25, -0.2) is 0 Å². The van der Waals surface area contributed by atoms with Crippen LogP contribution in [0.1, 0.15) is 6.42 Å². The third-order valence-corrected chi connectivity index (χ3v) is 2.44. The van der Waals surface area contributed by atoms with Crippen LogP contribution in [0.3, 0.4) is 0 Å². The van der Waals surface area contributed by atoms with Crippen molar-refractivity contribution in [1.82, 2.24) is 15.5 Å². The minimum absolute atomic E-state index is 0.389. The highest BCUT2D eigenvalue weighted by molar-refractivity contribution is 6.29. The normalized spacial score (nSPS) is 21.1. The van der Waals surface area contributed by atoms with Gasteiger partial charge in [-0.2, -0.15) is 0 Å². The molecule has 1 aromatic heterocycles. The molecule has 0 aliphatic carbocycles. The largest absolute Gasteiger partial charge is 0.476 e. The summed E-state index contributed by atoms with van der Waals surface area (Å²) in [4.78, 5) is 0. The third kappa shape index (κ3) is 2.56. The molecule has 1 aliphatic rings. The molecule has 0 radical (unpaired) electrons. The van der Waals surface area contributed by atoms with Crippen LogP contribution in [0.15, 0.2) is 12.1 Å². The lowest BCUT2D eigenvalue weighted by molar-refractivity contribution is 0.248. The van der Waals surface area contributed by atoms with Gasteiger partial charge < -0.3 is 10.1 Å². The predicted octanol–water partition coefficient (Wildman–Crippen LogP) is 1.12. The van der Waals surface area contributed by atoms with Gasteiger partial charge in [0, 0.05) is 18.5 Å². The van der Waals surface area contributed by atoms with Crippen molar-refractivity contribution in [2.75, 3.05) is 19.7 Å². The van der Waals surface area contributed by atoms with Crippen LogP contribution in [0.25, 0.3) is 0 Å². The van der Waals surface area contributed by atoms with Crippen LogP contribution in [0.5, 0.6) is 5.88 Å². The Hall–Kier alpha value is -0.870. The second kappa shape index (κ2) is 4.57. The molecule has 1 atom stereocenters. The molecule has 0 amide bonds. The molecule has 2 heterocycles. The molecule has 14 heavy (non-hydrogen) atoms. The molecular weight excluding hydrogens is 202 g/mol. The summed E-state index contributed by atoms with van der Waals surface area (Å²) in [5, 5.41) is 11.2. The molecule has 1 N–H and O–H groups in total. The Bertz CT molecular complexity index is 285. The number of nitrogens with one attached hydrogen (secondary N) is 1. The molecule has 76 valence electrons. The zero-order valence-corrected chi connectivity index (χ0v) is 8.50. The topological polar surface area (TPSA) is 47.0 Å². The van der Waals surface area contributed by atoms with Gasteiger partial charge in [0.15, 0.2) is 5.15 Å². The zero-order valence-electron chi connectivity index (χ0n) is 7.74. The van der Waals surface area contributed by atoms with Crippen molar-refractivity contribution in [2.24, 2.45) is 5.92 Å². The fraction of sp³-hybridized carbons (Fsp3) is 0.556. The summed E-state index contributed by atoms with van der Waals surface area (Å²) in [6.45, 7) is 2.81. The lowest BCUT2D eigenvalue weighted by Gasteiger charge is -2.08. The van der Waals surface area contributed by atoms with Gasteiger partial charge in [-0.1, -0.05) is 11.6 Å². The average molecular weight is 214 g/mol. The van der Waals surface area contributed by atoms with E-state index >= 15 is 0 Å². The molecule has 0 spiro atoms. The predicted molar refractivity (Wildman–Crippen MR) is 53.5 cm³/mol. The van der Waals surface area contributed by atoms with Crippen LogP contribution < -0.4 is 10.1 Å². The summed E-state index contributed by atoms with van der Waals surface area (Å²) in [6, 6.07) is 3.41. The second-order valence-electron chi connectivity index (χ2n) is 3.36. The lowest BCUT2D eigenvalue weighted by Crippen LogP contribution is -2.15. The number of halogens is 1. The molecule has 1 aromatic rings. The quantitative estimate of drug-likeness (QED) is 0.818. The first-order valence-corrected chi connectivity index (χ1v) is 5.05. The lowest BCUT2D eigenvalue weighted by atomic mass is 10.1. The fourth-order valence-electron chi connectivity index (χ4n) is 1.44. The summed E-state index contributed by atoms with van der Waals surface area (Å²) >= 11 is 5.60. The monoisotopic (exact) mass is 213 g/mol. The van der Waals surface area contributed by atoms with E-state index in [-0.39, 0.29) is 0 Å². The van der Waals surface area contributed by atoms with Crippen LogP contribution in [-0.4, -0.2) is 29.9 Å². The van der Waals surface area contributed by atoms with Gasteiger partial charge in [0.25, 0.3) is 0 Å². The molecule has 4 nitrogen and oxygen atoms in total. The Kier molecular flexibility index (Phi) is 3.16. The first-order chi connectivity index (χ1) is 6.84. The van der Waals surface area contributed by atoms with E-state index in [2.05, 4.69) is 15.5 Å². The van der Waals surface area contributed by atoms with Crippen molar-refractivity contribution in [3.63, 3.8) is 0 Å². The van der Waals surface area contributed by atoms with E-state index in [1.807, 2.05) is 0 Å². The van der Waals surface area contributed by atoms with Crippen molar-refractivity contribution in [3.8, 4) is 5.88 Å². The first kappa shape index (κ1) is 9.68. The van der Waals surface area contributed by atoms with Gasteiger partial charge in [-0.3, -0.25) is 0 Å². The molecular formula is C9H12ClN3O. The van der Waals surface area contributed by atoms with Crippen LogP contribution in [0.2, 0.25) is 5.15 Å². The molecule has 0 bridgehead atoms. The molecule has 0 saturated carbocycles. The highest BCUT2D eigenvalue weighted by Crippen LogP contribution is 2.12. The smallest absolute Gasteiger partial charge is 0.233 e. The van der Waals surface area contributed by atoms with Crippen LogP contribution >= 0.6 is 11.6 Å². The van der Waals surface area contributed by atoms with Crippen LogP contribution in [0, 0.1) is 5.92 Å². The van der Waals surface area contributed by atoms with E-state index in [1.54, 1.807) is 12.1 Å². The van der Waals surface area contributed by atoms with E-state index in [1.165, 1.54) is 6.42 Å². The van der Waals surface area contributed by atoms with Crippen LogP contribution in [-0.2, 0) is 0 Å². The molecule has 0 aromatic carbocycles. The number of hydrogen-bond acceptors (Lipinski definition) is 4. The SMILES string of the molecule is Clc1ccc(OC[C@H]2CCNC2)nn1. The van der Waals surface area contributed by atoms with Crippen molar-refractivity contribution in [2.45, 2.75) is 6.42 Å². The van der Waals surface area contributed by atoms with Gasteiger partial charge in [0.1, 0.15) is 0 Å². The van der Waals surface area contributed by atoms with E-state index in [0.29, 0.717) is 23.6 Å². The summed E-state index contributed by atoms with van der Waals surface area (Å²) in [5.41, 5.74) is 0. The van der Waals surface area contributed by atoms with Crippen molar-refractivity contribution in [1.29, 1.82) is 0 Å². The van der Waals surface area contributed by atoms with Gasteiger partial charge in [0.2, 0.25) is 5.88 Å². The molecule has 5 heteroatoms. The van der Waals surface area contributed by atoms with Crippen molar-refractivity contribution >= 4 is 11.6 Å². The van der Waals surface area contributed by atoms with Crippen LogP contribution in [0.4, 0.5) is 0 Å². The second-order valence-corrected chi connectivity index (χ2v) is 3.75. The maximum Gasteiger partial charge on any atom is 0.233 e. The number of aromatic nitrogens is 2. The van der Waals surface area contributed by atoms with Gasteiger partial charge in [-0.15, -0.1) is 10.2 Å². The Labute approximate surface area is 87.6 Å². The summed E-state index contributed by atoms with van der Waals surface area (Å²) in [6.07, 6.45) is 1.17. The van der Waals surface area contributed by atoms with Crippen molar-refractivity contribution < 1.29 is 4.74 Å². The molecule has 1 aliphatic heterocycles. The Morgan fingerprint density at radius 3 is 3.07 bits per heavy atom. The van der Waals surface area contributed by atoms with E-state index in [9.17, 15) is 0 Å². The van der Waals surface area contributed by atoms with Gasteiger partial charge >= 0.3 is 0 Å². The number of nitrogens with zero attached hydrogens (tertiary/aromatic N) is 2. The van der Waals surface area contributed by atoms with Crippen molar-refractivity contribution in [3.05, 3.63) is 17.3 Å². The summed E-state index contributed by atoms with van der Waals surface area (Å²) in [7, 11) is 0. The third-order valence-electron chi connectivity index (χ3n) is 2.24. The minimum Gasteiger partial charge on any atom is -0.476 e. The standard InChI is InChI=1S/C9H12ClN3O/c10-8-1-2-9(13-12-8)14-6-7-3-4-11-5-7/h1-2,7,11H,3-6H2/t7-/m0/s1. The fourth-order valence-corrected chi connectivity index (χ4v) is 1.54. The van der Waals surface area contributed by atoms with Gasteiger partial charge in [-0.05, 0) is 19.0 Å². The minimum atomic E-state index is 0.389. The Balaban J connectivity index is 1.82. The summed E-state index contributed by atoms with van der Waals surface area (Å²) in [5.74, 6) is 1.13. The number of ether oxygens (including phenoxy) is 1. The number of rotatable bonds is 3. The van der Waals surface area contributed by atoms with E-state index in [0.717, 1.165) is 13.1 Å². The summed E-state index contributed by atoms with van der Waals surface area (Å²) < 4.78 is 5.47. The molecule has 1 fully saturated rings. The molecule has 0 unspecified atom stereocenters. The average Bonchev–Trinajstić information content (AvgIpc) is 2.70. The molecule has 1 saturated heterocycles. The highest BCUT2D eigenvalue weighted by atomic mass is 35.5. The number of hydrogen-bond donors (Lipinski definition) is 1. The maximum absolute atomic E-state index is 5.60. The molecule has 2 rings (SSSR count). The van der Waals surface area contributed by atoms with E-state index in [4.69, 9.17) is 16.3 Å². The maximum atomic E-state index is 5.60. The highest BCUT2D eigenvalue weighted by Gasteiger charge is 2.14.